The summed E-state index contributed by atoms with van der Waals surface area (Å²) in [6.45, 7) is 1.84. The van der Waals surface area contributed by atoms with Crippen molar-refractivity contribution in [1.29, 1.82) is 0 Å². The number of thiophene rings is 1. The molecule has 0 aliphatic carbocycles. The Bertz CT molecular complexity index is 1200. The number of rotatable bonds is 8. The smallest absolute Gasteiger partial charge is 0.237 e. The molecule has 0 fully saturated rings. The van der Waals surface area contributed by atoms with Crippen molar-refractivity contribution in [3.05, 3.63) is 81.8 Å². The number of benzene rings is 2. The summed E-state index contributed by atoms with van der Waals surface area (Å²) in [7, 11) is 1.55. The third-order valence-electron chi connectivity index (χ3n) is 4.70. The first-order valence-electron chi connectivity index (χ1n) is 9.88. The summed E-state index contributed by atoms with van der Waals surface area (Å²) in [6, 6.07) is 19.2. The highest BCUT2D eigenvalue weighted by Crippen LogP contribution is 2.30. The first-order valence-corrected chi connectivity index (χ1v) is 12.0. The molecule has 0 bridgehead atoms. The van der Waals surface area contributed by atoms with Crippen molar-refractivity contribution < 1.29 is 9.53 Å². The van der Waals surface area contributed by atoms with Gasteiger partial charge in [-0.15, -0.1) is 21.5 Å². The van der Waals surface area contributed by atoms with Crippen LogP contribution in [-0.2, 0) is 11.2 Å². The van der Waals surface area contributed by atoms with Gasteiger partial charge in [0, 0.05) is 22.7 Å². The number of para-hydroxylation sites is 1. The number of hydrogen-bond acceptors (Lipinski definition) is 6. The Morgan fingerprint density at radius 3 is 2.69 bits per heavy atom. The summed E-state index contributed by atoms with van der Waals surface area (Å²) >= 11 is 9.21. The van der Waals surface area contributed by atoms with Crippen LogP contribution in [-0.4, -0.2) is 33.0 Å². The quantitative estimate of drug-likeness (QED) is 0.325. The van der Waals surface area contributed by atoms with Crippen LogP contribution < -0.4 is 10.1 Å². The fourth-order valence-electron chi connectivity index (χ4n) is 3.10. The number of aromatic nitrogens is 3. The Morgan fingerprint density at radius 2 is 2.00 bits per heavy atom. The second-order valence-corrected chi connectivity index (χ2v) is 9.67. The molecule has 1 atom stereocenters. The molecule has 4 aromatic rings. The van der Waals surface area contributed by atoms with Crippen LogP contribution in [0.2, 0.25) is 5.02 Å². The van der Waals surface area contributed by atoms with Crippen molar-refractivity contribution in [2.24, 2.45) is 0 Å². The first kappa shape index (κ1) is 22.4. The van der Waals surface area contributed by atoms with Gasteiger partial charge in [-0.05, 0) is 48.7 Å². The fourth-order valence-corrected chi connectivity index (χ4v) is 4.94. The third-order valence-corrected chi connectivity index (χ3v) is 6.91. The predicted molar refractivity (Wildman–Crippen MR) is 130 cm³/mol. The Balaban J connectivity index is 1.54. The summed E-state index contributed by atoms with van der Waals surface area (Å²) < 4.78 is 7.17. The molecule has 0 saturated heterocycles. The van der Waals surface area contributed by atoms with Gasteiger partial charge in [0.25, 0.3) is 0 Å². The van der Waals surface area contributed by atoms with E-state index in [2.05, 4.69) is 21.6 Å². The normalized spacial score (nSPS) is 11.8. The van der Waals surface area contributed by atoms with E-state index in [1.54, 1.807) is 36.6 Å². The molecule has 6 nitrogen and oxygen atoms in total. The molecule has 4 rings (SSSR count). The van der Waals surface area contributed by atoms with Crippen molar-refractivity contribution in [2.75, 3.05) is 12.4 Å². The van der Waals surface area contributed by atoms with Crippen molar-refractivity contribution in [3.8, 4) is 11.4 Å². The lowest BCUT2D eigenvalue weighted by molar-refractivity contribution is -0.115. The second kappa shape index (κ2) is 10.2. The zero-order chi connectivity index (χ0) is 22.5. The van der Waals surface area contributed by atoms with E-state index in [0.717, 1.165) is 11.5 Å². The summed E-state index contributed by atoms with van der Waals surface area (Å²) in [5.41, 5.74) is 1.57. The van der Waals surface area contributed by atoms with E-state index >= 15 is 0 Å². The maximum Gasteiger partial charge on any atom is 0.237 e. The van der Waals surface area contributed by atoms with E-state index in [-0.39, 0.29) is 5.91 Å². The van der Waals surface area contributed by atoms with Crippen LogP contribution in [0.25, 0.3) is 5.69 Å². The largest absolute Gasteiger partial charge is 0.495 e. The number of carbonyl (C=O) groups is 1. The summed E-state index contributed by atoms with van der Waals surface area (Å²) in [5, 5.41) is 14.5. The number of thioether (sulfide) groups is 1. The van der Waals surface area contributed by atoms with Gasteiger partial charge in [0.05, 0.1) is 17.4 Å². The van der Waals surface area contributed by atoms with Crippen LogP contribution in [0.1, 0.15) is 17.6 Å². The maximum atomic E-state index is 12.8. The molecule has 2 aromatic heterocycles. The molecule has 1 unspecified atom stereocenters. The molecule has 0 radical (unpaired) electrons. The van der Waals surface area contributed by atoms with Gasteiger partial charge in [-0.25, -0.2) is 0 Å². The van der Waals surface area contributed by atoms with E-state index < -0.39 is 5.25 Å². The highest BCUT2D eigenvalue weighted by molar-refractivity contribution is 8.00. The van der Waals surface area contributed by atoms with E-state index in [9.17, 15) is 4.79 Å². The van der Waals surface area contributed by atoms with Gasteiger partial charge < -0.3 is 10.1 Å². The molecule has 9 heteroatoms. The van der Waals surface area contributed by atoms with E-state index in [0.29, 0.717) is 28.0 Å². The molecule has 2 heterocycles. The minimum atomic E-state index is -0.405. The highest BCUT2D eigenvalue weighted by atomic mass is 35.5. The van der Waals surface area contributed by atoms with E-state index in [1.807, 2.05) is 53.3 Å². The maximum absolute atomic E-state index is 12.8. The summed E-state index contributed by atoms with van der Waals surface area (Å²) in [4.78, 5) is 14.0. The number of nitrogens with one attached hydrogen (secondary N) is 1. The monoisotopic (exact) mass is 484 g/mol. The summed E-state index contributed by atoms with van der Waals surface area (Å²) in [5.74, 6) is 1.23. The Morgan fingerprint density at radius 1 is 1.19 bits per heavy atom. The Labute approximate surface area is 199 Å². The average Bonchev–Trinajstić information content (AvgIpc) is 3.45. The molecule has 2 aromatic carbocycles. The minimum Gasteiger partial charge on any atom is -0.495 e. The lowest BCUT2D eigenvalue weighted by Crippen LogP contribution is -2.23. The lowest BCUT2D eigenvalue weighted by Gasteiger charge is -2.14. The van der Waals surface area contributed by atoms with Gasteiger partial charge in [-0.1, -0.05) is 47.6 Å². The topological polar surface area (TPSA) is 69.0 Å². The van der Waals surface area contributed by atoms with Gasteiger partial charge in [0.2, 0.25) is 5.91 Å². The molecular formula is C23H21ClN4O2S2. The van der Waals surface area contributed by atoms with Crippen molar-refractivity contribution >= 4 is 46.3 Å². The van der Waals surface area contributed by atoms with Crippen molar-refractivity contribution in [2.45, 2.75) is 23.8 Å². The van der Waals surface area contributed by atoms with Crippen molar-refractivity contribution in [1.82, 2.24) is 14.8 Å². The number of carbonyl (C=O) groups excluding carboxylic acids is 1. The fraction of sp³-hybridized carbons (Fsp3) is 0.174. The Kier molecular flexibility index (Phi) is 7.14. The van der Waals surface area contributed by atoms with Gasteiger partial charge in [-0.2, -0.15) is 0 Å². The first-order chi connectivity index (χ1) is 15.5. The number of ether oxygens (including phenoxy) is 1. The zero-order valence-electron chi connectivity index (χ0n) is 17.5. The minimum absolute atomic E-state index is 0.154. The summed E-state index contributed by atoms with van der Waals surface area (Å²) in [6.07, 6.45) is 0.672. The molecular weight excluding hydrogens is 464 g/mol. The SMILES string of the molecule is COc1ccc(NC(=O)C(C)Sc2nnc(Cc3cccs3)n2-c2ccccc2)cc1Cl. The highest BCUT2D eigenvalue weighted by Gasteiger charge is 2.22. The number of amides is 1. The zero-order valence-corrected chi connectivity index (χ0v) is 19.9. The molecule has 164 valence electrons. The van der Waals surface area contributed by atoms with Crippen molar-refractivity contribution in [3.63, 3.8) is 0 Å². The van der Waals surface area contributed by atoms with Crippen LogP contribution in [0.4, 0.5) is 5.69 Å². The third kappa shape index (κ3) is 5.15. The number of halogens is 1. The number of methoxy groups -OCH3 is 1. The number of anilines is 1. The van der Waals surface area contributed by atoms with Gasteiger partial charge in [-0.3, -0.25) is 9.36 Å². The Hall–Kier alpha value is -2.81. The standard InChI is InChI=1S/C23H21ClN4O2S2/c1-15(22(29)25-16-10-11-20(30-2)19(24)13-16)32-23-27-26-21(14-18-9-6-12-31-18)28(23)17-7-4-3-5-8-17/h3-13,15H,14H2,1-2H3,(H,25,29). The molecule has 0 saturated carbocycles. The van der Waals surface area contributed by atoms with E-state index in [1.165, 1.54) is 16.6 Å². The molecule has 0 spiro atoms. The van der Waals surface area contributed by atoms with Gasteiger partial charge in [0.15, 0.2) is 5.16 Å². The second-order valence-electron chi connectivity index (χ2n) is 6.92. The number of nitrogens with zero attached hydrogens (tertiary/aromatic N) is 3. The molecule has 0 aliphatic rings. The predicted octanol–water partition coefficient (Wildman–Crippen LogP) is 5.70. The molecule has 1 amide bonds. The van der Waals surface area contributed by atoms with Crippen LogP contribution in [0, 0.1) is 0 Å². The van der Waals surface area contributed by atoms with Crippen LogP contribution in [0.3, 0.4) is 0 Å². The van der Waals surface area contributed by atoms with Crippen LogP contribution in [0.15, 0.2) is 71.2 Å². The molecule has 1 N–H and O–H groups in total. The molecule has 32 heavy (non-hydrogen) atoms. The molecule has 0 aliphatic heterocycles. The van der Waals surface area contributed by atoms with Gasteiger partial charge in [0.1, 0.15) is 11.6 Å². The average molecular weight is 485 g/mol. The van der Waals surface area contributed by atoms with Gasteiger partial charge >= 0.3 is 0 Å². The lowest BCUT2D eigenvalue weighted by atomic mass is 10.3. The van der Waals surface area contributed by atoms with E-state index in [4.69, 9.17) is 16.3 Å². The van der Waals surface area contributed by atoms with Crippen LogP contribution in [0.5, 0.6) is 5.75 Å². The number of hydrogen-bond donors (Lipinski definition) is 1. The van der Waals surface area contributed by atoms with Crippen LogP contribution >= 0.6 is 34.7 Å².